The minimum absolute atomic E-state index is 0.0196. The highest BCUT2D eigenvalue weighted by atomic mass is 79.9. The van der Waals surface area contributed by atoms with Crippen LogP contribution >= 0.6 is 27.3 Å². The van der Waals surface area contributed by atoms with Gasteiger partial charge in [-0.1, -0.05) is 20.8 Å². The molecule has 6 heteroatoms. The fourth-order valence-electron chi connectivity index (χ4n) is 1.94. The summed E-state index contributed by atoms with van der Waals surface area (Å²) in [4.78, 5) is 17.2. The van der Waals surface area contributed by atoms with Gasteiger partial charge in [0.1, 0.15) is 0 Å². The number of hydrogen-bond acceptors (Lipinski definition) is 3. The third kappa shape index (κ3) is 4.17. The summed E-state index contributed by atoms with van der Waals surface area (Å²) in [5.41, 5.74) is 1.05. The fourth-order valence-corrected chi connectivity index (χ4v) is 3.38. The van der Waals surface area contributed by atoms with E-state index >= 15 is 0 Å². The van der Waals surface area contributed by atoms with Crippen LogP contribution in [0.3, 0.4) is 0 Å². The Hall–Kier alpha value is -1.14. The number of thiophene rings is 1. The summed E-state index contributed by atoms with van der Waals surface area (Å²) in [6.07, 6.45) is 5.44. The van der Waals surface area contributed by atoms with Gasteiger partial charge in [0.05, 0.1) is 21.0 Å². The van der Waals surface area contributed by atoms with Crippen molar-refractivity contribution >= 4 is 33.2 Å². The summed E-state index contributed by atoms with van der Waals surface area (Å²) >= 11 is 4.93. The third-order valence-electron chi connectivity index (χ3n) is 3.38. The Morgan fingerprint density at radius 1 is 1.52 bits per heavy atom. The largest absolute Gasteiger partial charge is 0.346 e. The zero-order valence-electron chi connectivity index (χ0n) is 12.7. The number of nitrogens with zero attached hydrogens (tertiary/aromatic N) is 2. The molecule has 2 aromatic heterocycles. The second-order valence-electron chi connectivity index (χ2n) is 6.22. The monoisotopic (exact) mass is 369 g/mol. The van der Waals surface area contributed by atoms with Crippen molar-refractivity contribution in [1.29, 1.82) is 0 Å². The van der Waals surface area contributed by atoms with Crippen LogP contribution in [0.2, 0.25) is 0 Å². The quantitative estimate of drug-likeness (QED) is 0.889. The molecule has 4 nitrogen and oxygen atoms in total. The molecule has 0 bridgehead atoms. The lowest BCUT2D eigenvalue weighted by Gasteiger charge is -2.31. The maximum absolute atomic E-state index is 12.4. The van der Waals surface area contributed by atoms with Crippen LogP contribution in [0, 0.1) is 12.3 Å². The number of halogens is 1. The van der Waals surface area contributed by atoms with Crippen molar-refractivity contribution in [3.05, 3.63) is 39.0 Å². The molecule has 21 heavy (non-hydrogen) atoms. The molecule has 0 radical (unpaired) electrons. The Balaban J connectivity index is 2.13. The number of carbonyl (C=O) groups is 1. The van der Waals surface area contributed by atoms with E-state index in [1.807, 2.05) is 23.8 Å². The van der Waals surface area contributed by atoms with Gasteiger partial charge < -0.3 is 9.88 Å². The molecule has 114 valence electrons. The number of nitrogens with one attached hydrogen (secondary N) is 1. The first kappa shape index (κ1) is 16.2. The minimum Gasteiger partial charge on any atom is -0.346 e. The number of amides is 1. The maximum Gasteiger partial charge on any atom is 0.261 e. The fraction of sp³-hybridized carbons (Fsp3) is 0.467. The summed E-state index contributed by atoms with van der Waals surface area (Å²) in [6.45, 7) is 9.09. The van der Waals surface area contributed by atoms with Gasteiger partial charge in [-0.2, -0.15) is 0 Å². The van der Waals surface area contributed by atoms with Gasteiger partial charge in [0.25, 0.3) is 5.91 Å². The van der Waals surface area contributed by atoms with Crippen LogP contribution in [0.4, 0.5) is 0 Å². The first-order chi connectivity index (χ1) is 9.77. The van der Waals surface area contributed by atoms with E-state index in [1.54, 1.807) is 12.5 Å². The van der Waals surface area contributed by atoms with Gasteiger partial charge >= 0.3 is 0 Å². The molecule has 0 spiro atoms. The van der Waals surface area contributed by atoms with Crippen LogP contribution in [0.25, 0.3) is 0 Å². The zero-order valence-corrected chi connectivity index (χ0v) is 15.1. The van der Waals surface area contributed by atoms with E-state index in [-0.39, 0.29) is 17.4 Å². The van der Waals surface area contributed by atoms with E-state index in [0.29, 0.717) is 6.54 Å². The van der Waals surface area contributed by atoms with Gasteiger partial charge in [0, 0.05) is 18.9 Å². The average molecular weight is 370 g/mol. The van der Waals surface area contributed by atoms with E-state index in [1.165, 1.54) is 11.3 Å². The van der Waals surface area contributed by atoms with E-state index in [0.717, 1.165) is 14.2 Å². The molecule has 0 aliphatic rings. The predicted octanol–water partition coefficient (Wildman–Crippen LogP) is 3.86. The highest BCUT2D eigenvalue weighted by molar-refractivity contribution is 9.11. The number of aromatic nitrogens is 2. The van der Waals surface area contributed by atoms with Gasteiger partial charge in [0.2, 0.25) is 0 Å². The number of rotatable bonds is 4. The lowest BCUT2D eigenvalue weighted by Crippen LogP contribution is -2.46. The lowest BCUT2D eigenvalue weighted by atomic mass is 9.86. The smallest absolute Gasteiger partial charge is 0.261 e. The standard InChI is InChI=1S/C15H20BrN3OS/c1-10-7-11(21-13(10)16)14(20)18-12(15(2,3)4)8-19-6-5-17-9-19/h5-7,9,12H,8H2,1-4H3,(H,18,20). The molecule has 2 heterocycles. The molecule has 0 fully saturated rings. The second kappa shape index (κ2) is 6.32. The van der Waals surface area contributed by atoms with Gasteiger partial charge in [0.15, 0.2) is 0 Å². The van der Waals surface area contributed by atoms with E-state index < -0.39 is 0 Å². The molecule has 2 aromatic rings. The van der Waals surface area contributed by atoms with E-state index in [4.69, 9.17) is 0 Å². The number of aryl methyl sites for hydroxylation is 1. The molecule has 0 aliphatic carbocycles. The van der Waals surface area contributed by atoms with E-state index in [9.17, 15) is 4.79 Å². The van der Waals surface area contributed by atoms with Crippen LogP contribution < -0.4 is 5.32 Å². The van der Waals surface area contributed by atoms with Crippen LogP contribution in [0.1, 0.15) is 36.0 Å². The molecule has 2 rings (SSSR count). The number of imidazole rings is 1. The molecule has 1 unspecified atom stereocenters. The molecule has 1 atom stereocenters. The summed E-state index contributed by atoms with van der Waals surface area (Å²) in [6, 6.07) is 1.95. The van der Waals surface area contributed by atoms with Crippen LogP contribution in [0.5, 0.6) is 0 Å². The first-order valence-electron chi connectivity index (χ1n) is 6.80. The molecular weight excluding hydrogens is 350 g/mol. The molecule has 0 saturated heterocycles. The minimum atomic E-state index is -0.0382. The topological polar surface area (TPSA) is 46.9 Å². The highest BCUT2D eigenvalue weighted by Crippen LogP contribution is 2.28. The van der Waals surface area contributed by atoms with Crippen molar-refractivity contribution in [2.45, 2.75) is 40.3 Å². The first-order valence-corrected chi connectivity index (χ1v) is 8.41. The third-order valence-corrected chi connectivity index (χ3v) is 5.52. The average Bonchev–Trinajstić information content (AvgIpc) is 2.98. The summed E-state index contributed by atoms with van der Waals surface area (Å²) in [7, 11) is 0. The predicted molar refractivity (Wildman–Crippen MR) is 89.7 cm³/mol. The summed E-state index contributed by atoms with van der Waals surface area (Å²) in [5.74, 6) is -0.0196. The maximum atomic E-state index is 12.4. The number of hydrogen-bond donors (Lipinski definition) is 1. The van der Waals surface area contributed by atoms with Crippen LogP contribution in [-0.2, 0) is 6.54 Å². The van der Waals surface area contributed by atoms with Gasteiger partial charge in [-0.05, 0) is 39.9 Å². The summed E-state index contributed by atoms with van der Waals surface area (Å²) < 4.78 is 3.00. The molecule has 1 N–H and O–H groups in total. The van der Waals surface area contributed by atoms with Crippen molar-refractivity contribution in [3.63, 3.8) is 0 Å². The second-order valence-corrected chi connectivity index (χ2v) is 8.59. The Morgan fingerprint density at radius 2 is 2.24 bits per heavy atom. The lowest BCUT2D eigenvalue weighted by molar-refractivity contribution is 0.0896. The summed E-state index contributed by atoms with van der Waals surface area (Å²) in [5, 5.41) is 3.15. The Labute approximate surface area is 137 Å². The van der Waals surface area contributed by atoms with Crippen molar-refractivity contribution in [2.24, 2.45) is 5.41 Å². The highest BCUT2D eigenvalue weighted by Gasteiger charge is 2.27. The number of carbonyl (C=O) groups excluding carboxylic acids is 1. The van der Waals surface area contributed by atoms with Crippen LogP contribution in [0.15, 0.2) is 28.6 Å². The van der Waals surface area contributed by atoms with Crippen molar-refractivity contribution < 1.29 is 4.79 Å². The Bertz CT molecular complexity index is 594. The van der Waals surface area contributed by atoms with Crippen LogP contribution in [-0.4, -0.2) is 21.5 Å². The molecule has 0 aliphatic heterocycles. The zero-order chi connectivity index (χ0) is 15.6. The van der Waals surface area contributed by atoms with Gasteiger partial charge in [-0.25, -0.2) is 4.98 Å². The van der Waals surface area contributed by atoms with Crippen molar-refractivity contribution in [3.8, 4) is 0 Å². The van der Waals surface area contributed by atoms with Gasteiger partial charge in [-0.3, -0.25) is 4.79 Å². The Kier molecular flexibility index (Phi) is 4.88. The van der Waals surface area contributed by atoms with Crippen molar-refractivity contribution in [1.82, 2.24) is 14.9 Å². The molecule has 0 saturated carbocycles. The normalized spacial score (nSPS) is 13.2. The van der Waals surface area contributed by atoms with E-state index in [2.05, 4.69) is 47.0 Å². The SMILES string of the molecule is Cc1cc(C(=O)NC(Cn2ccnc2)C(C)(C)C)sc1Br. The van der Waals surface area contributed by atoms with Crippen molar-refractivity contribution in [2.75, 3.05) is 0 Å². The van der Waals surface area contributed by atoms with Gasteiger partial charge in [-0.15, -0.1) is 11.3 Å². The molecular formula is C15H20BrN3OS. The molecule has 0 aromatic carbocycles. The Morgan fingerprint density at radius 3 is 2.71 bits per heavy atom. The molecule has 1 amide bonds.